The Bertz CT molecular complexity index is 1070. The summed E-state index contributed by atoms with van der Waals surface area (Å²) in [6, 6.07) is 17.9. The highest BCUT2D eigenvalue weighted by molar-refractivity contribution is 5.68. The summed E-state index contributed by atoms with van der Waals surface area (Å²) in [4.78, 5) is 15.6. The summed E-state index contributed by atoms with van der Waals surface area (Å²) in [6.45, 7) is 1.33. The number of hydrogen-bond donors (Lipinski definition) is 3. The second kappa shape index (κ2) is 9.51. The molecule has 0 radical (unpaired) electrons. The molecule has 0 spiro atoms. The zero-order chi connectivity index (χ0) is 21.6. The Labute approximate surface area is 182 Å². The van der Waals surface area contributed by atoms with Crippen molar-refractivity contribution in [1.29, 1.82) is 0 Å². The number of nitrogens with one attached hydrogen (secondary N) is 1. The van der Waals surface area contributed by atoms with E-state index in [1.165, 1.54) is 16.7 Å². The first-order valence-electron chi connectivity index (χ1n) is 10.6. The Balaban J connectivity index is 1.38. The number of ether oxygens (including phenoxy) is 1. The van der Waals surface area contributed by atoms with Crippen molar-refractivity contribution in [3.63, 3.8) is 0 Å². The van der Waals surface area contributed by atoms with Crippen molar-refractivity contribution in [2.45, 2.75) is 31.6 Å². The fourth-order valence-electron chi connectivity index (χ4n) is 4.14. The van der Waals surface area contributed by atoms with Crippen LogP contribution in [-0.4, -0.2) is 29.2 Å². The van der Waals surface area contributed by atoms with Crippen molar-refractivity contribution < 1.29 is 14.6 Å². The summed E-state index contributed by atoms with van der Waals surface area (Å²) >= 11 is 0. The van der Waals surface area contributed by atoms with Gasteiger partial charge in [-0.05, 0) is 65.6 Å². The van der Waals surface area contributed by atoms with Gasteiger partial charge in [-0.3, -0.25) is 4.79 Å². The number of benzene rings is 2. The van der Waals surface area contributed by atoms with Gasteiger partial charge < -0.3 is 20.9 Å². The Hall–Kier alpha value is -3.54. The molecule has 3 aromatic rings. The van der Waals surface area contributed by atoms with E-state index in [0.29, 0.717) is 12.3 Å². The van der Waals surface area contributed by atoms with Crippen LogP contribution in [0.15, 0.2) is 60.8 Å². The fourth-order valence-corrected chi connectivity index (χ4v) is 4.14. The van der Waals surface area contributed by atoms with Gasteiger partial charge in [0.15, 0.2) is 0 Å². The summed E-state index contributed by atoms with van der Waals surface area (Å²) in [5.41, 5.74) is 11.2. The van der Waals surface area contributed by atoms with Crippen LogP contribution in [0.4, 0.5) is 11.5 Å². The second-order valence-corrected chi connectivity index (χ2v) is 7.91. The predicted octanol–water partition coefficient (Wildman–Crippen LogP) is 4.25. The van der Waals surface area contributed by atoms with Crippen LogP contribution in [0.2, 0.25) is 0 Å². The summed E-state index contributed by atoms with van der Waals surface area (Å²) in [5, 5.41) is 12.6. The molecule has 1 atom stereocenters. The lowest BCUT2D eigenvalue weighted by Crippen LogP contribution is -2.10. The fraction of sp³-hybridized carbons (Fsp3) is 0.280. The van der Waals surface area contributed by atoms with E-state index in [1.807, 2.05) is 24.3 Å². The van der Waals surface area contributed by atoms with Crippen LogP contribution in [-0.2, 0) is 17.6 Å². The Kier molecular flexibility index (Phi) is 6.36. The molecule has 1 aromatic heterocycles. The minimum absolute atomic E-state index is 0.00609. The van der Waals surface area contributed by atoms with E-state index in [1.54, 1.807) is 12.3 Å². The van der Waals surface area contributed by atoms with Crippen molar-refractivity contribution in [2.75, 3.05) is 24.2 Å². The van der Waals surface area contributed by atoms with Crippen molar-refractivity contribution in [2.24, 2.45) is 0 Å². The van der Waals surface area contributed by atoms with Crippen LogP contribution in [0.5, 0.6) is 5.75 Å². The van der Waals surface area contributed by atoms with E-state index in [4.69, 9.17) is 10.5 Å². The molecule has 1 heterocycles. The molecule has 1 unspecified atom stereocenters. The zero-order valence-electron chi connectivity index (χ0n) is 17.4. The molecule has 6 heteroatoms. The lowest BCUT2D eigenvalue weighted by atomic mass is 9.89. The minimum atomic E-state index is -0.759. The van der Waals surface area contributed by atoms with E-state index in [-0.39, 0.29) is 12.3 Å². The molecule has 0 saturated heterocycles. The maximum absolute atomic E-state index is 11.4. The number of nitrogen functional groups attached to an aromatic ring is 1. The van der Waals surface area contributed by atoms with Gasteiger partial charge in [-0.2, -0.15) is 0 Å². The van der Waals surface area contributed by atoms with Gasteiger partial charge >= 0.3 is 5.97 Å². The molecule has 4 N–H and O–H groups in total. The first-order valence-corrected chi connectivity index (χ1v) is 10.6. The van der Waals surface area contributed by atoms with Crippen molar-refractivity contribution in [1.82, 2.24) is 4.98 Å². The zero-order valence-corrected chi connectivity index (χ0v) is 17.4. The number of anilines is 2. The highest BCUT2D eigenvalue weighted by atomic mass is 16.5. The van der Waals surface area contributed by atoms with E-state index in [0.717, 1.165) is 42.9 Å². The van der Waals surface area contributed by atoms with Crippen molar-refractivity contribution in [3.8, 4) is 5.75 Å². The van der Waals surface area contributed by atoms with E-state index in [9.17, 15) is 9.90 Å². The molecule has 31 heavy (non-hydrogen) atoms. The van der Waals surface area contributed by atoms with Crippen LogP contribution >= 0.6 is 0 Å². The smallest absolute Gasteiger partial charge is 0.303 e. The molecule has 2 aromatic carbocycles. The van der Waals surface area contributed by atoms with Crippen LogP contribution in [0.3, 0.4) is 0 Å². The Morgan fingerprint density at radius 3 is 2.84 bits per heavy atom. The number of hydrogen-bond acceptors (Lipinski definition) is 5. The topological polar surface area (TPSA) is 97.5 Å². The number of aliphatic carboxylic acids is 1. The summed E-state index contributed by atoms with van der Waals surface area (Å²) in [6.07, 6.45) is 4.18. The van der Waals surface area contributed by atoms with Crippen LogP contribution in [0.1, 0.15) is 41.0 Å². The molecular weight excluding hydrogens is 390 g/mol. The number of carboxylic acids is 1. The second-order valence-electron chi connectivity index (χ2n) is 7.91. The van der Waals surface area contributed by atoms with Crippen molar-refractivity contribution in [3.05, 3.63) is 83.0 Å². The monoisotopic (exact) mass is 417 g/mol. The molecule has 160 valence electrons. The van der Waals surface area contributed by atoms with Gasteiger partial charge in [0.25, 0.3) is 0 Å². The third-order valence-electron chi connectivity index (χ3n) is 5.62. The number of aromatic nitrogens is 1. The molecule has 1 aliphatic rings. The SMILES string of the molecule is Nc1ccnc(NCCCOc2ccc3c(c2)Cc2ccccc2C(CC(=O)O)C3)c1. The molecule has 1 aliphatic carbocycles. The number of nitrogens with zero attached hydrogens (tertiary/aromatic N) is 1. The molecule has 0 saturated carbocycles. The van der Waals surface area contributed by atoms with Gasteiger partial charge in [0.2, 0.25) is 0 Å². The number of carbonyl (C=O) groups is 1. The molecular formula is C25H27N3O3. The largest absolute Gasteiger partial charge is 0.494 e. The van der Waals surface area contributed by atoms with Gasteiger partial charge in [-0.1, -0.05) is 30.3 Å². The van der Waals surface area contributed by atoms with E-state index >= 15 is 0 Å². The predicted molar refractivity (Wildman–Crippen MR) is 122 cm³/mol. The third-order valence-corrected chi connectivity index (χ3v) is 5.62. The third kappa shape index (κ3) is 5.34. The quantitative estimate of drug-likeness (QED) is 0.474. The highest BCUT2D eigenvalue weighted by Gasteiger charge is 2.24. The number of carboxylic acid groups (broad SMARTS) is 1. The van der Waals surface area contributed by atoms with Gasteiger partial charge in [0, 0.05) is 24.5 Å². The molecule has 0 aliphatic heterocycles. The van der Waals surface area contributed by atoms with Gasteiger partial charge in [0.1, 0.15) is 11.6 Å². The minimum Gasteiger partial charge on any atom is -0.494 e. The van der Waals surface area contributed by atoms with Gasteiger partial charge in [-0.15, -0.1) is 0 Å². The summed E-state index contributed by atoms with van der Waals surface area (Å²) in [5.74, 6) is 0.841. The maximum Gasteiger partial charge on any atom is 0.303 e. The van der Waals surface area contributed by atoms with Crippen molar-refractivity contribution >= 4 is 17.5 Å². The lowest BCUT2D eigenvalue weighted by molar-refractivity contribution is -0.137. The molecule has 0 bridgehead atoms. The van der Waals surface area contributed by atoms with Gasteiger partial charge in [-0.25, -0.2) is 4.98 Å². The molecule has 0 fully saturated rings. The maximum atomic E-state index is 11.4. The summed E-state index contributed by atoms with van der Waals surface area (Å²) < 4.78 is 5.97. The number of rotatable bonds is 8. The number of fused-ring (bicyclic) bond motifs is 2. The number of nitrogens with two attached hydrogens (primary N) is 1. The van der Waals surface area contributed by atoms with Crippen LogP contribution in [0.25, 0.3) is 0 Å². The first-order chi connectivity index (χ1) is 15.1. The first kappa shape index (κ1) is 20.7. The average Bonchev–Trinajstić information content (AvgIpc) is 2.89. The molecule has 6 nitrogen and oxygen atoms in total. The Morgan fingerprint density at radius 1 is 1.13 bits per heavy atom. The normalized spacial score (nSPS) is 14.8. The number of pyridine rings is 1. The lowest BCUT2D eigenvalue weighted by Gasteiger charge is -2.16. The standard InChI is InChI=1S/C25H27N3O3/c26-21-8-10-28-24(16-21)27-9-3-11-31-22-7-6-17-12-20(15-25(29)30)23-5-2-1-4-18(23)13-19(17)14-22/h1-2,4-8,10,14,16,20H,3,9,11-13,15H2,(H,29,30)(H3,26,27,28). The van der Waals surface area contributed by atoms with Gasteiger partial charge in [0.05, 0.1) is 13.0 Å². The van der Waals surface area contributed by atoms with Crippen LogP contribution < -0.4 is 15.8 Å². The highest BCUT2D eigenvalue weighted by Crippen LogP contribution is 2.35. The Morgan fingerprint density at radius 2 is 2.00 bits per heavy atom. The summed E-state index contributed by atoms with van der Waals surface area (Å²) in [7, 11) is 0. The van der Waals surface area contributed by atoms with E-state index in [2.05, 4.69) is 34.6 Å². The van der Waals surface area contributed by atoms with E-state index < -0.39 is 5.97 Å². The molecule has 4 rings (SSSR count). The average molecular weight is 418 g/mol. The molecule has 0 amide bonds. The van der Waals surface area contributed by atoms with Crippen LogP contribution in [0, 0.1) is 0 Å².